The molecule has 0 bridgehead atoms. The van der Waals surface area contributed by atoms with Crippen molar-refractivity contribution in [3.8, 4) is 0 Å². The Morgan fingerprint density at radius 1 is 0.762 bits per heavy atom. The SMILES string of the molecule is CCC(CC(C)C(C)(C)CC)C(C)(C)CC(C)CC(C)C. The third-order valence-electron chi connectivity index (χ3n) is 6.23. The fourth-order valence-corrected chi connectivity index (χ4v) is 4.09. The lowest BCUT2D eigenvalue weighted by molar-refractivity contribution is 0.0937. The van der Waals surface area contributed by atoms with Crippen LogP contribution in [0.4, 0.5) is 0 Å². The molecular formula is C21H44. The van der Waals surface area contributed by atoms with E-state index in [4.69, 9.17) is 0 Å². The summed E-state index contributed by atoms with van der Waals surface area (Å²) in [7, 11) is 0. The molecule has 0 radical (unpaired) electrons. The van der Waals surface area contributed by atoms with Crippen LogP contribution >= 0.6 is 0 Å². The van der Waals surface area contributed by atoms with Crippen LogP contribution in [0.1, 0.15) is 101 Å². The summed E-state index contributed by atoms with van der Waals surface area (Å²) in [6.45, 7) is 24.3. The largest absolute Gasteiger partial charge is 0.0651 e. The predicted molar refractivity (Wildman–Crippen MR) is 98.7 cm³/mol. The lowest BCUT2D eigenvalue weighted by Gasteiger charge is -2.41. The summed E-state index contributed by atoms with van der Waals surface area (Å²) in [4.78, 5) is 0. The maximum atomic E-state index is 2.52. The maximum absolute atomic E-state index is 2.52. The lowest BCUT2D eigenvalue weighted by atomic mass is 9.64. The van der Waals surface area contributed by atoms with Crippen molar-refractivity contribution in [2.45, 2.75) is 101 Å². The van der Waals surface area contributed by atoms with Gasteiger partial charge in [0.1, 0.15) is 0 Å². The van der Waals surface area contributed by atoms with Crippen LogP contribution in [-0.2, 0) is 0 Å². The Hall–Kier alpha value is 0. The quantitative estimate of drug-likeness (QED) is 0.390. The highest BCUT2D eigenvalue weighted by atomic mass is 14.4. The summed E-state index contributed by atoms with van der Waals surface area (Å²) in [5.41, 5.74) is 0.953. The zero-order valence-corrected chi connectivity index (χ0v) is 16.8. The molecule has 0 aromatic heterocycles. The molecule has 0 nitrogen and oxygen atoms in total. The monoisotopic (exact) mass is 296 g/mol. The highest BCUT2D eigenvalue weighted by molar-refractivity contribution is 4.84. The third kappa shape index (κ3) is 7.20. The second kappa shape index (κ2) is 8.59. The van der Waals surface area contributed by atoms with Crippen molar-refractivity contribution in [1.82, 2.24) is 0 Å². The van der Waals surface area contributed by atoms with Gasteiger partial charge in [0.2, 0.25) is 0 Å². The Morgan fingerprint density at radius 2 is 1.29 bits per heavy atom. The minimum Gasteiger partial charge on any atom is -0.0651 e. The van der Waals surface area contributed by atoms with E-state index < -0.39 is 0 Å². The lowest BCUT2D eigenvalue weighted by Crippen LogP contribution is -2.31. The molecule has 0 aliphatic rings. The van der Waals surface area contributed by atoms with Gasteiger partial charge in [0.25, 0.3) is 0 Å². The van der Waals surface area contributed by atoms with Crippen molar-refractivity contribution in [1.29, 1.82) is 0 Å². The summed E-state index contributed by atoms with van der Waals surface area (Å²) in [5.74, 6) is 3.34. The Labute approximate surface area is 136 Å². The molecule has 0 heteroatoms. The second-order valence-electron chi connectivity index (χ2n) is 9.51. The number of hydrogen-bond acceptors (Lipinski definition) is 0. The zero-order valence-electron chi connectivity index (χ0n) is 16.8. The highest BCUT2D eigenvalue weighted by Crippen LogP contribution is 2.44. The van der Waals surface area contributed by atoms with Gasteiger partial charge in [-0.15, -0.1) is 0 Å². The normalized spacial score (nSPS) is 17.9. The fourth-order valence-electron chi connectivity index (χ4n) is 4.09. The first-order chi connectivity index (χ1) is 9.46. The Morgan fingerprint density at radius 3 is 1.67 bits per heavy atom. The molecule has 0 amide bonds. The number of rotatable bonds is 10. The van der Waals surface area contributed by atoms with E-state index in [0.717, 1.165) is 23.7 Å². The van der Waals surface area contributed by atoms with E-state index in [2.05, 4.69) is 69.2 Å². The summed E-state index contributed by atoms with van der Waals surface area (Å²) in [6.07, 6.45) is 6.75. The molecule has 21 heavy (non-hydrogen) atoms. The molecule has 0 saturated carbocycles. The van der Waals surface area contributed by atoms with Crippen molar-refractivity contribution in [3.05, 3.63) is 0 Å². The third-order valence-corrected chi connectivity index (χ3v) is 6.23. The van der Waals surface area contributed by atoms with Gasteiger partial charge in [-0.2, -0.15) is 0 Å². The molecule has 3 atom stereocenters. The van der Waals surface area contributed by atoms with Crippen molar-refractivity contribution >= 4 is 0 Å². The minimum absolute atomic E-state index is 0.473. The van der Waals surface area contributed by atoms with Crippen LogP contribution < -0.4 is 0 Å². The molecule has 0 aromatic rings. The molecule has 0 fully saturated rings. The van der Waals surface area contributed by atoms with Gasteiger partial charge in [-0.3, -0.25) is 0 Å². The highest BCUT2D eigenvalue weighted by Gasteiger charge is 2.34. The van der Waals surface area contributed by atoms with Gasteiger partial charge >= 0.3 is 0 Å². The molecule has 0 heterocycles. The van der Waals surface area contributed by atoms with Gasteiger partial charge in [-0.1, -0.05) is 82.1 Å². The number of hydrogen-bond donors (Lipinski definition) is 0. The Bertz CT molecular complexity index is 272. The molecule has 0 aliphatic heterocycles. The van der Waals surface area contributed by atoms with Gasteiger partial charge in [-0.25, -0.2) is 0 Å². The van der Waals surface area contributed by atoms with E-state index in [1.807, 2.05) is 0 Å². The van der Waals surface area contributed by atoms with Crippen LogP contribution in [0.25, 0.3) is 0 Å². The van der Waals surface area contributed by atoms with Crippen LogP contribution in [0.3, 0.4) is 0 Å². The molecule has 0 N–H and O–H groups in total. The average molecular weight is 297 g/mol. The summed E-state index contributed by atoms with van der Waals surface area (Å²) in [6, 6.07) is 0. The average Bonchev–Trinajstić information content (AvgIpc) is 2.33. The summed E-state index contributed by atoms with van der Waals surface area (Å²) < 4.78 is 0. The first-order valence-electron chi connectivity index (χ1n) is 9.46. The van der Waals surface area contributed by atoms with Gasteiger partial charge in [0, 0.05) is 0 Å². The topological polar surface area (TPSA) is 0 Å². The summed E-state index contributed by atoms with van der Waals surface area (Å²) in [5, 5.41) is 0. The van der Waals surface area contributed by atoms with E-state index in [1.165, 1.54) is 32.1 Å². The second-order valence-corrected chi connectivity index (χ2v) is 9.51. The van der Waals surface area contributed by atoms with E-state index >= 15 is 0 Å². The molecule has 0 rings (SSSR count). The van der Waals surface area contributed by atoms with Crippen molar-refractivity contribution < 1.29 is 0 Å². The van der Waals surface area contributed by atoms with E-state index in [9.17, 15) is 0 Å². The smallest absolute Gasteiger partial charge is 0.0323 e. The van der Waals surface area contributed by atoms with Crippen LogP contribution in [0, 0.1) is 34.5 Å². The van der Waals surface area contributed by atoms with E-state index in [0.29, 0.717) is 10.8 Å². The first kappa shape index (κ1) is 21.0. The molecule has 3 unspecified atom stereocenters. The van der Waals surface area contributed by atoms with E-state index in [1.54, 1.807) is 0 Å². The molecular weight excluding hydrogens is 252 g/mol. The van der Waals surface area contributed by atoms with Crippen LogP contribution in [-0.4, -0.2) is 0 Å². The predicted octanol–water partition coefficient (Wildman–Crippen LogP) is 7.57. The van der Waals surface area contributed by atoms with Crippen molar-refractivity contribution in [2.24, 2.45) is 34.5 Å². The van der Waals surface area contributed by atoms with Crippen molar-refractivity contribution in [3.63, 3.8) is 0 Å². The summed E-state index contributed by atoms with van der Waals surface area (Å²) >= 11 is 0. The Kier molecular flexibility index (Phi) is 8.59. The van der Waals surface area contributed by atoms with Gasteiger partial charge in [0.15, 0.2) is 0 Å². The minimum atomic E-state index is 0.473. The molecule has 0 saturated heterocycles. The van der Waals surface area contributed by atoms with E-state index in [-0.39, 0.29) is 0 Å². The van der Waals surface area contributed by atoms with Crippen LogP contribution in [0.5, 0.6) is 0 Å². The maximum Gasteiger partial charge on any atom is -0.0323 e. The molecule has 0 aliphatic carbocycles. The zero-order chi connectivity index (χ0) is 16.8. The molecule has 0 spiro atoms. The van der Waals surface area contributed by atoms with Gasteiger partial charge < -0.3 is 0 Å². The molecule has 0 aromatic carbocycles. The standard InChI is InChI=1S/C21H44/c1-11-19(14-18(6)20(7,8)12-2)21(9,10)15-17(5)13-16(3)4/h16-19H,11-15H2,1-10H3. The molecule has 128 valence electrons. The Balaban J connectivity index is 4.76. The van der Waals surface area contributed by atoms with Gasteiger partial charge in [-0.05, 0) is 53.8 Å². The fraction of sp³-hybridized carbons (Fsp3) is 1.00. The van der Waals surface area contributed by atoms with Crippen LogP contribution in [0.2, 0.25) is 0 Å². The van der Waals surface area contributed by atoms with Gasteiger partial charge in [0.05, 0.1) is 0 Å². The van der Waals surface area contributed by atoms with Crippen LogP contribution in [0.15, 0.2) is 0 Å². The van der Waals surface area contributed by atoms with Crippen molar-refractivity contribution in [2.75, 3.05) is 0 Å². The first-order valence-corrected chi connectivity index (χ1v) is 9.46.